The SMILES string of the molecule is CN1CC[C@@]23CCCCC2[C@@H]1Cc1ccc(CO)cc13. The first-order chi connectivity index (χ1) is 9.74. The van der Waals surface area contributed by atoms with E-state index in [1.165, 1.54) is 45.1 Å². The molecule has 1 saturated heterocycles. The summed E-state index contributed by atoms with van der Waals surface area (Å²) >= 11 is 0. The molecule has 1 aromatic carbocycles. The molecule has 0 spiro atoms. The molecule has 3 aliphatic rings. The molecule has 108 valence electrons. The zero-order valence-corrected chi connectivity index (χ0v) is 12.4. The van der Waals surface area contributed by atoms with Gasteiger partial charge in [-0.3, -0.25) is 0 Å². The second-order valence-corrected chi connectivity index (χ2v) is 7.16. The summed E-state index contributed by atoms with van der Waals surface area (Å²) in [5.74, 6) is 0.844. The highest BCUT2D eigenvalue weighted by atomic mass is 16.3. The quantitative estimate of drug-likeness (QED) is 0.849. The average molecular weight is 271 g/mol. The van der Waals surface area contributed by atoms with Crippen LogP contribution in [0, 0.1) is 5.92 Å². The number of benzene rings is 1. The highest BCUT2D eigenvalue weighted by molar-refractivity contribution is 5.43. The van der Waals surface area contributed by atoms with Gasteiger partial charge in [-0.1, -0.05) is 31.0 Å². The Bertz CT molecular complexity index is 526. The number of nitrogens with zero attached hydrogens (tertiary/aromatic N) is 1. The molecule has 2 bridgehead atoms. The van der Waals surface area contributed by atoms with E-state index in [0.29, 0.717) is 5.41 Å². The Morgan fingerprint density at radius 2 is 2.20 bits per heavy atom. The Kier molecular flexibility index (Phi) is 2.94. The summed E-state index contributed by atoms with van der Waals surface area (Å²) in [6.07, 6.45) is 8.08. The van der Waals surface area contributed by atoms with Gasteiger partial charge in [-0.15, -0.1) is 0 Å². The van der Waals surface area contributed by atoms with Gasteiger partial charge in [0.2, 0.25) is 0 Å². The fourth-order valence-electron chi connectivity index (χ4n) is 5.34. The number of aliphatic hydroxyl groups excluding tert-OH is 1. The van der Waals surface area contributed by atoms with Crippen LogP contribution in [-0.2, 0) is 18.4 Å². The summed E-state index contributed by atoms with van der Waals surface area (Å²) in [7, 11) is 2.32. The fraction of sp³-hybridized carbons (Fsp3) is 0.667. The van der Waals surface area contributed by atoms with Crippen LogP contribution in [0.5, 0.6) is 0 Å². The fourth-order valence-corrected chi connectivity index (χ4v) is 5.34. The summed E-state index contributed by atoms with van der Waals surface area (Å²) in [6, 6.07) is 7.49. The van der Waals surface area contributed by atoms with Crippen molar-refractivity contribution in [2.24, 2.45) is 5.92 Å². The van der Waals surface area contributed by atoms with Gasteiger partial charge < -0.3 is 10.0 Å². The van der Waals surface area contributed by atoms with Gasteiger partial charge in [0.05, 0.1) is 6.61 Å². The van der Waals surface area contributed by atoms with E-state index in [-0.39, 0.29) is 6.61 Å². The molecule has 3 atom stereocenters. The van der Waals surface area contributed by atoms with Gasteiger partial charge in [0.1, 0.15) is 0 Å². The number of fused-ring (bicyclic) bond motifs is 1. The van der Waals surface area contributed by atoms with Gasteiger partial charge in [-0.25, -0.2) is 0 Å². The zero-order chi connectivity index (χ0) is 13.7. The topological polar surface area (TPSA) is 23.5 Å². The first-order valence-electron chi connectivity index (χ1n) is 8.18. The van der Waals surface area contributed by atoms with Crippen LogP contribution in [0.1, 0.15) is 48.8 Å². The number of likely N-dealkylation sites (tertiary alicyclic amines) is 1. The second-order valence-electron chi connectivity index (χ2n) is 7.16. The zero-order valence-electron chi connectivity index (χ0n) is 12.4. The van der Waals surface area contributed by atoms with Gasteiger partial charge in [0, 0.05) is 11.5 Å². The minimum Gasteiger partial charge on any atom is -0.392 e. The largest absolute Gasteiger partial charge is 0.392 e. The Morgan fingerprint density at radius 1 is 1.30 bits per heavy atom. The van der Waals surface area contributed by atoms with Crippen molar-refractivity contribution in [3.05, 3.63) is 34.9 Å². The number of hydrogen-bond donors (Lipinski definition) is 1. The molecule has 2 fully saturated rings. The molecule has 20 heavy (non-hydrogen) atoms. The van der Waals surface area contributed by atoms with E-state index < -0.39 is 0 Å². The molecule has 0 amide bonds. The lowest BCUT2D eigenvalue weighted by molar-refractivity contribution is 0.00276. The van der Waals surface area contributed by atoms with Crippen molar-refractivity contribution in [2.45, 2.75) is 56.6 Å². The number of piperidine rings is 1. The van der Waals surface area contributed by atoms with Crippen molar-refractivity contribution in [1.29, 1.82) is 0 Å². The van der Waals surface area contributed by atoms with Crippen LogP contribution >= 0.6 is 0 Å². The standard InChI is InChI=1S/C18H25NO/c1-19-9-8-18-7-3-2-4-15(18)17(19)11-14-6-5-13(12-20)10-16(14)18/h5-6,10,15,17,20H,2-4,7-9,11-12H2,1H3/t15?,17-,18-/m0/s1. The molecule has 1 heterocycles. The monoisotopic (exact) mass is 271 g/mol. The van der Waals surface area contributed by atoms with Crippen molar-refractivity contribution < 1.29 is 5.11 Å². The van der Waals surface area contributed by atoms with E-state index >= 15 is 0 Å². The number of rotatable bonds is 1. The van der Waals surface area contributed by atoms with Crippen LogP contribution in [0.3, 0.4) is 0 Å². The maximum atomic E-state index is 9.49. The molecule has 0 radical (unpaired) electrons. The molecule has 2 aliphatic carbocycles. The van der Waals surface area contributed by atoms with Crippen LogP contribution in [-0.4, -0.2) is 29.6 Å². The van der Waals surface area contributed by atoms with Gasteiger partial charge in [-0.2, -0.15) is 0 Å². The highest BCUT2D eigenvalue weighted by Crippen LogP contribution is 2.55. The third-order valence-corrected chi connectivity index (χ3v) is 6.36. The lowest BCUT2D eigenvalue weighted by atomic mass is 9.52. The predicted octanol–water partition coefficient (Wildman–Crippen LogP) is 2.87. The molecule has 0 aromatic heterocycles. The van der Waals surface area contributed by atoms with Crippen LogP contribution < -0.4 is 0 Å². The van der Waals surface area contributed by atoms with E-state index in [9.17, 15) is 5.11 Å². The van der Waals surface area contributed by atoms with E-state index in [0.717, 1.165) is 17.5 Å². The molecule has 1 N–H and O–H groups in total. The first kappa shape index (κ1) is 12.8. The van der Waals surface area contributed by atoms with Crippen molar-refractivity contribution in [2.75, 3.05) is 13.6 Å². The summed E-state index contributed by atoms with van der Waals surface area (Å²) in [6.45, 7) is 1.42. The van der Waals surface area contributed by atoms with E-state index in [1.54, 1.807) is 11.1 Å². The highest BCUT2D eigenvalue weighted by Gasteiger charge is 2.52. The van der Waals surface area contributed by atoms with Crippen molar-refractivity contribution >= 4 is 0 Å². The Hall–Kier alpha value is -0.860. The molecule has 1 aliphatic heterocycles. The maximum Gasteiger partial charge on any atom is 0.0681 e. The lowest BCUT2D eigenvalue weighted by Crippen LogP contribution is -2.59. The minimum absolute atomic E-state index is 0.178. The number of likely N-dealkylation sites (N-methyl/N-ethyl adjacent to an activating group) is 1. The molecule has 1 unspecified atom stereocenters. The minimum atomic E-state index is 0.178. The normalized spacial score (nSPS) is 36.3. The van der Waals surface area contributed by atoms with Crippen LogP contribution in [0.2, 0.25) is 0 Å². The summed E-state index contributed by atoms with van der Waals surface area (Å²) in [5.41, 5.74) is 4.67. The number of hydrogen-bond acceptors (Lipinski definition) is 2. The van der Waals surface area contributed by atoms with Gasteiger partial charge in [-0.05, 0) is 61.9 Å². The second kappa shape index (κ2) is 4.57. The van der Waals surface area contributed by atoms with Crippen molar-refractivity contribution in [3.8, 4) is 0 Å². The average Bonchev–Trinajstić information content (AvgIpc) is 2.50. The van der Waals surface area contributed by atoms with Gasteiger partial charge in [0.15, 0.2) is 0 Å². The molecular formula is C18H25NO. The molecule has 4 rings (SSSR count). The first-order valence-corrected chi connectivity index (χ1v) is 8.18. The van der Waals surface area contributed by atoms with Crippen LogP contribution in [0.4, 0.5) is 0 Å². The lowest BCUT2D eigenvalue weighted by Gasteiger charge is -2.58. The summed E-state index contributed by atoms with van der Waals surface area (Å²) in [5, 5.41) is 9.49. The Balaban J connectivity index is 1.88. The summed E-state index contributed by atoms with van der Waals surface area (Å²) in [4.78, 5) is 2.61. The molecule has 2 nitrogen and oxygen atoms in total. The van der Waals surface area contributed by atoms with Gasteiger partial charge >= 0.3 is 0 Å². The predicted molar refractivity (Wildman–Crippen MR) is 80.7 cm³/mol. The molecule has 1 aromatic rings. The Labute approximate surface area is 121 Å². The van der Waals surface area contributed by atoms with E-state index in [4.69, 9.17) is 0 Å². The third-order valence-electron chi connectivity index (χ3n) is 6.36. The van der Waals surface area contributed by atoms with Gasteiger partial charge in [0.25, 0.3) is 0 Å². The van der Waals surface area contributed by atoms with Crippen LogP contribution in [0.25, 0.3) is 0 Å². The van der Waals surface area contributed by atoms with E-state index in [1.807, 2.05) is 0 Å². The molecule has 2 heteroatoms. The maximum absolute atomic E-state index is 9.49. The van der Waals surface area contributed by atoms with Crippen LogP contribution in [0.15, 0.2) is 18.2 Å². The number of aliphatic hydroxyl groups is 1. The van der Waals surface area contributed by atoms with Crippen molar-refractivity contribution in [3.63, 3.8) is 0 Å². The third kappa shape index (κ3) is 1.64. The molecular weight excluding hydrogens is 246 g/mol. The smallest absolute Gasteiger partial charge is 0.0681 e. The Morgan fingerprint density at radius 3 is 3.05 bits per heavy atom. The molecule has 1 saturated carbocycles. The van der Waals surface area contributed by atoms with Crippen molar-refractivity contribution in [1.82, 2.24) is 4.90 Å². The summed E-state index contributed by atoms with van der Waals surface area (Å²) < 4.78 is 0. The van der Waals surface area contributed by atoms with E-state index in [2.05, 4.69) is 30.1 Å².